The van der Waals surface area contributed by atoms with Gasteiger partial charge in [0.1, 0.15) is 19.8 Å². The molecule has 0 amide bonds. The van der Waals surface area contributed by atoms with E-state index in [9.17, 15) is 19.0 Å². The van der Waals surface area contributed by atoms with E-state index in [4.69, 9.17) is 18.5 Å². The molecule has 9 nitrogen and oxygen atoms in total. The Bertz CT molecular complexity index is 1210. The van der Waals surface area contributed by atoms with Crippen LogP contribution >= 0.6 is 7.82 Å². The van der Waals surface area contributed by atoms with Crippen LogP contribution in [-0.2, 0) is 32.7 Å². The van der Waals surface area contributed by atoms with Gasteiger partial charge in [0.25, 0.3) is 7.82 Å². The summed E-state index contributed by atoms with van der Waals surface area (Å²) in [5, 5.41) is 0. The third-order valence-corrected chi connectivity index (χ3v) is 11.0. The van der Waals surface area contributed by atoms with Crippen molar-refractivity contribution < 1.29 is 42.1 Å². The zero-order chi connectivity index (χ0) is 44.3. The van der Waals surface area contributed by atoms with Crippen molar-refractivity contribution in [1.29, 1.82) is 0 Å². The molecule has 0 radical (unpaired) electrons. The van der Waals surface area contributed by atoms with E-state index in [0.29, 0.717) is 17.4 Å². The molecule has 0 aromatic carbocycles. The van der Waals surface area contributed by atoms with Crippen LogP contribution in [0.5, 0.6) is 0 Å². The van der Waals surface area contributed by atoms with Gasteiger partial charge in [-0.1, -0.05) is 184 Å². The fourth-order valence-electron chi connectivity index (χ4n) is 6.33. The molecular formula is C50H90NO8P. The first-order chi connectivity index (χ1) is 29.0. The summed E-state index contributed by atoms with van der Waals surface area (Å²) in [5.74, 6) is -0.870. The number of allylic oxidation sites excluding steroid dienone is 10. The standard InChI is InChI=1S/C50H90NO8P/c1-6-8-10-12-14-16-18-20-22-24-25-27-29-31-33-35-37-39-41-43-50(53)59-48(47-58-60(54,55)57-45-44-51(3,4)5)46-56-49(52)42-40-38-36-34-32-30-28-26-23-21-19-17-15-13-11-9-7-2/h8,10,14,16,20,22,25,27,31,33,48H,6-7,9,11-13,15,17-19,21,23-24,26,28-30,32,34-47H2,1-5H3/b10-8+,16-14+,22-20+,27-25+,33-31+/t48-/m1/s1. The minimum atomic E-state index is -4.64. The number of carbonyl (C=O) groups excluding carboxylic acids is 2. The summed E-state index contributed by atoms with van der Waals surface area (Å²) < 4.78 is 33.9. The lowest BCUT2D eigenvalue weighted by Gasteiger charge is -2.28. The van der Waals surface area contributed by atoms with E-state index >= 15 is 0 Å². The van der Waals surface area contributed by atoms with Gasteiger partial charge in [-0.2, -0.15) is 0 Å². The van der Waals surface area contributed by atoms with Crippen molar-refractivity contribution in [1.82, 2.24) is 0 Å². The van der Waals surface area contributed by atoms with Crippen LogP contribution in [0.4, 0.5) is 0 Å². The molecule has 0 aliphatic rings. The molecule has 10 heteroatoms. The van der Waals surface area contributed by atoms with Gasteiger partial charge >= 0.3 is 11.9 Å². The Morgan fingerprint density at radius 1 is 0.533 bits per heavy atom. The first-order valence-corrected chi connectivity index (χ1v) is 25.5. The van der Waals surface area contributed by atoms with Crippen molar-refractivity contribution in [2.24, 2.45) is 0 Å². The second-order valence-corrected chi connectivity index (χ2v) is 18.5. The SMILES string of the molecule is CC/C=C/C/C=C/C/C=C/C/C=C/C/C=C/CCCCCC(=O)O[C@H](COC(=O)CCCCCCCCCCCCCCCCCCC)COP(=O)([O-])OCC[N+](C)(C)C. The number of quaternary nitrogens is 1. The maximum absolute atomic E-state index is 12.7. The number of carbonyl (C=O) groups is 2. The highest BCUT2D eigenvalue weighted by Gasteiger charge is 2.21. The minimum Gasteiger partial charge on any atom is -0.756 e. The highest BCUT2D eigenvalue weighted by Crippen LogP contribution is 2.38. The van der Waals surface area contributed by atoms with E-state index in [-0.39, 0.29) is 26.1 Å². The van der Waals surface area contributed by atoms with Gasteiger partial charge in [0.2, 0.25) is 0 Å². The summed E-state index contributed by atoms with van der Waals surface area (Å²) in [6.07, 6.45) is 51.0. The first kappa shape index (κ1) is 57.7. The maximum Gasteiger partial charge on any atom is 0.306 e. The summed E-state index contributed by atoms with van der Waals surface area (Å²) in [4.78, 5) is 37.6. The number of hydrogen-bond donors (Lipinski definition) is 0. The molecule has 2 atom stereocenters. The second kappa shape index (κ2) is 42.0. The molecule has 0 rings (SSSR count). The summed E-state index contributed by atoms with van der Waals surface area (Å²) in [5.41, 5.74) is 0. The van der Waals surface area contributed by atoms with Crippen molar-refractivity contribution in [2.75, 3.05) is 47.5 Å². The molecule has 348 valence electrons. The number of ether oxygens (including phenoxy) is 2. The number of rotatable bonds is 43. The summed E-state index contributed by atoms with van der Waals surface area (Å²) in [6, 6.07) is 0. The van der Waals surface area contributed by atoms with Crippen LogP contribution in [0, 0.1) is 0 Å². The Balaban J connectivity index is 4.37. The van der Waals surface area contributed by atoms with Crippen LogP contribution in [0.1, 0.15) is 194 Å². The van der Waals surface area contributed by atoms with Crippen LogP contribution in [0.25, 0.3) is 0 Å². The summed E-state index contributed by atoms with van der Waals surface area (Å²) in [6.45, 7) is 4.09. The quantitative estimate of drug-likeness (QED) is 0.0196. The lowest BCUT2D eigenvalue weighted by Crippen LogP contribution is -2.37. The average Bonchev–Trinajstić information content (AvgIpc) is 3.20. The summed E-state index contributed by atoms with van der Waals surface area (Å²) in [7, 11) is 1.14. The molecule has 0 heterocycles. The van der Waals surface area contributed by atoms with Gasteiger partial charge in [0.05, 0.1) is 27.7 Å². The van der Waals surface area contributed by atoms with Gasteiger partial charge in [-0.3, -0.25) is 14.2 Å². The lowest BCUT2D eigenvalue weighted by atomic mass is 10.0. The molecular weight excluding hydrogens is 774 g/mol. The van der Waals surface area contributed by atoms with E-state index in [1.165, 1.54) is 89.9 Å². The normalized spacial score (nSPS) is 14.0. The Kier molecular flexibility index (Phi) is 40.4. The molecule has 0 aliphatic heterocycles. The minimum absolute atomic E-state index is 0.0390. The number of likely N-dealkylation sites (N-methyl/N-ethyl adjacent to an activating group) is 1. The van der Waals surface area contributed by atoms with E-state index in [2.05, 4.69) is 74.6 Å². The average molecular weight is 864 g/mol. The first-order valence-electron chi connectivity index (χ1n) is 24.0. The van der Waals surface area contributed by atoms with Gasteiger partial charge in [0, 0.05) is 12.8 Å². The molecule has 1 unspecified atom stereocenters. The van der Waals surface area contributed by atoms with E-state index in [1.54, 1.807) is 0 Å². The van der Waals surface area contributed by atoms with Crippen LogP contribution in [0.2, 0.25) is 0 Å². The van der Waals surface area contributed by atoms with Gasteiger partial charge < -0.3 is 27.9 Å². The zero-order valence-electron chi connectivity index (χ0n) is 39.1. The van der Waals surface area contributed by atoms with Gasteiger partial charge in [-0.25, -0.2) is 0 Å². The topological polar surface area (TPSA) is 111 Å². The Labute approximate surface area is 368 Å². The Hall–Kier alpha value is -2.29. The number of esters is 2. The van der Waals surface area contributed by atoms with Crippen molar-refractivity contribution in [3.05, 3.63) is 60.8 Å². The lowest BCUT2D eigenvalue weighted by molar-refractivity contribution is -0.870. The molecule has 0 saturated heterocycles. The molecule has 60 heavy (non-hydrogen) atoms. The maximum atomic E-state index is 12.7. The van der Waals surface area contributed by atoms with Crippen molar-refractivity contribution in [3.63, 3.8) is 0 Å². The fourth-order valence-corrected chi connectivity index (χ4v) is 7.06. The number of unbranched alkanes of at least 4 members (excludes halogenated alkanes) is 19. The third kappa shape index (κ3) is 45.2. The van der Waals surface area contributed by atoms with Crippen molar-refractivity contribution in [3.8, 4) is 0 Å². The number of phosphoric ester groups is 1. The highest BCUT2D eigenvalue weighted by atomic mass is 31.2. The smallest absolute Gasteiger partial charge is 0.306 e. The number of nitrogens with zero attached hydrogens (tertiary/aromatic N) is 1. The van der Waals surface area contributed by atoms with Crippen LogP contribution < -0.4 is 4.89 Å². The van der Waals surface area contributed by atoms with Gasteiger partial charge in [0.15, 0.2) is 6.10 Å². The van der Waals surface area contributed by atoms with Crippen LogP contribution in [-0.4, -0.2) is 70.0 Å². The molecule has 0 bridgehead atoms. The predicted molar refractivity (Wildman–Crippen MR) is 250 cm³/mol. The largest absolute Gasteiger partial charge is 0.756 e. The summed E-state index contributed by atoms with van der Waals surface area (Å²) >= 11 is 0. The van der Waals surface area contributed by atoms with Gasteiger partial charge in [-0.05, 0) is 57.8 Å². The predicted octanol–water partition coefficient (Wildman–Crippen LogP) is 13.4. The van der Waals surface area contributed by atoms with Gasteiger partial charge in [-0.15, -0.1) is 0 Å². The van der Waals surface area contributed by atoms with Crippen molar-refractivity contribution in [2.45, 2.75) is 200 Å². The number of phosphoric acid groups is 1. The fraction of sp³-hybridized carbons (Fsp3) is 0.760. The second-order valence-electron chi connectivity index (χ2n) is 17.1. The van der Waals surface area contributed by atoms with E-state index < -0.39 is 32.5 Å². The highest BCUT2D eigenvalue weighted by molar-refractivity contribution is 7.45. The molecule has 0 fully saturated rings. The van der Waals surface area contributed by atoms with Crippen molar-refractivity contribution >= 4 is 19.8 Å². The molecule has 0 N–H and O–H groups in total. The van der Waals surface area contributed by atoms with E-state index in [1.807, 2.05) is 21.1 Å². The van der Waals surface area contributed by atoms with Crippen LogP contribution in [0.3, 0.4) is 0 Å². The molecule has 0 aromatic rings. The zero-order valence-corrected chi connectivity index (χ0v) is 40.0. The van der Waals surface area contributed by atoms with E-state index in [0.717, 1.165) is 70.6 Å². The molecule has 0 spiro atoms. The molecule has 0 aromatic heterocycles. The van der Waals surface area contributed by atoms with Crippen LogP contribution in [0.15, 0.2) is 60.8 Å². The monoisotopic (exact) mass is 864 g/mol. The Morgan fingerprint density at radius 3 is 1.42 bits per heavy atom. The molecule has 0 aliphatic carbocycles. The third-order valence-electron chi connectivity index (χ3n) is 10.1. The molecule has 0 saturated carbocycles. The number of hydrogen-bond acceptors (Lipinski definition) is 8. The Morgan fingerprint density at radius 2 is 0.950 bits per heavy atom.